The van der Waals surface area contributed by atoms with Crippen LogP contribution < -0.4 is 10.1 Å². The van der Waals surface area contributed by atoms with Gasteiger partial charge in [-0.2, -0.15) is 0 Å². The quantitative estimate of drug-likeness (QED) is 0.474. The van der Waals surface area contributed by atoms with Crippen molar-refractivity contribution in [2.24, 2.45) is 0 Å². The van der Waals surface area contributed by atoms with Crippen LogP contribution in [0.5, 0.6) is 5.75 Å². The lowest BCUT2D eigenvalue weighted by molar-refractivity contribution is -0.384. The number of nitro groups is 1. The van der Waals surface area contributed by atoms with Crippen LogP contribution in [0.15, 0.2) is 24.3 Å². The minimum atomic E-state index is -0.496. The van der Waals surface area contributed by atoms with Crippen molar-refractivity contribution < 1.29 is 19.2 Å². The zero-order valence-electron chi connectivity index (χ0n) is 9.92. The van der Waals surface area contributed by atoms with Crippen LogP contribution in [0.25, 0.3) is 0 Å². The summed E-state index contributed by atoms with van der Waals surface area (Å²) in [5.41, 5.74) is 0.00648. The van der Waals surface area contributed by atoms with Gasteiger partial charge < -0.3 is 14.8 Å². The Bertz CT molecular complexity index is 404. The SMILES string of the molecule is CCOC(=O)NCCOc1ccc([N+](=O)[O-])cc1. The summed E-state index contributed by atoms with van der Waals surface area (Å²) in [4.78, 5) is 20.8. The zero-order chi connectivity index (χ0) is 13.4. The number of rotatable bonds is 6. The van der Waals surface area contributed by atoms with E-state index in [-0.39, 0.29) is 12.3 Å². The minimum Gasteiger partial charge on any atom is -0.492 e. The van der Waals surface area contributed by atoms with Crippen molar-refractivity contribution in [1.29, 1.82) is 0 Å². The second kappa shape index (κ2) is 7.10. The summed E-state index contributed by atoms with van der Waals surface area (Å²) in [6.45, 7) is 2.59. The van der Waals surface area contributed by atoms with Gasteiger partial charge in [0, 0.05) is 12.1 Å². The van der Waals surface area contributed by atoms with Crippen molar-refractivity contribution in [3.63, 3.8) is 0 Å². The van der Waals surface area contributed by atoms with E-state index in [2.05, 4.69) is 10.1 Å². The number of nitro benzene ring substituents is 1. The first-order valence-electron chi connectivity index (χ1n) is 5.41. The second-order valence-electron chi connectivity index (χ2n) is 3.25. The lowest BCUT2D eigenvalue weighted by Gasteiger charge is -2.07. The van der Waals surface area contributed by atoms with Gasteiger partial charge in [0.1, 0.15) is 12.4 Å². The molecule has 0 unspecified atom stereocenters. The van der Waals surface area contributed by atoms with E-state index >= 15 is 0 Å². The van der Waals surface area contributed by atoms with Crippen molar-refractivity contribution in [3.8, 4) is 5.75 Å². The highest BCUT2D eigenvalue weighted by atomic mass is 16.6. The van der Waals surface area contributed by atoms with Crippen LogP contribution in [0, 0.1) is 10.1 Å². The highest BCUT2D eigenvalue weighted by Gasteiger charge is 2.04. The summed E-state index contributed by atoms with van der Waals surface area (Å²) in [5, 5.41) is 12.9. The van der Waals surface area contributed by atoms with Crippen LogP contribution in [0.3, 0.4) is 0 Å². The number of nitrogens with zero attached hydrogens (tertiary/aromatic N) is 1. The van der Waals surface area contributed by atoms with Crippen LogP contribution in [0.2, 0.25) is 0 Å². The van der Waals surface area contributed by atoms with Gasteiger partial charge in [-0.15, -0.1) is 0 Å². The van der Waals surface area contributed by atoms with Gasteiger partial charge in [0.2, 0.25) is 0 Å². The highest BCUT2D eigenvalue weighted by Crippen LogP contribution is 2.16. The molecule has 0 aliphatic heterocycles. The maximum Gasteiger partial charge on any atom is 0.407 e. The van der Waals surface area contributed by atoms with E-state index in [1.165, 1.54) is 24.3 Å². The molecule has 0 saturated carbocycles. The van der Waals surface area contributed by atoms with E-state index in [1.807, 2.05) is 0 Å². The molecule has 98 valence electrons. The first-order chi connectivity index (χ1) is 8.63. The molecule has 0 bridgehead atoms. The molecule has 0 aliphatic carbocycles. The third kappa shape index (κ3) is 4.69. The number of nitrogens with one attached hydrogen (secondary N) is 1. The molecule has 1 aromatic rings. The van der Waals surface area contributed by atoms with Gasteiger partial charge in [-0.25, -0.2) is 4.79 Å². The van der Waals surface area contributed by atoms with Crippen molar-refractivity contribution in [2.75, 3.05) is 19.8 Å². The molecule has 0 heterocycles. The molecular formula is C11H14N2O5. The van der Waals surface area contributed by atoms with Gasteiger partial charge in [-0.3, -0.25) is 10.1 Å². The van der Waals surface area contributed by atoms with E-state index < -0.39 is 11.0 Å². The fourth-order valence-electron chi connectivity index (χ4n) is 1.17. The number of carbonyl (C=O) groups is 1. The van der Waals surface area contributed by atoms with E-state index in [9.17, 15) is 14.9 Å². The number of benzene rings is 1. The molecule has 0 fully saturated rings. The molecule has 0 saturated heterocycles. The molecule has 7 heteroatoms. The number of carbonyl (C=O) groups excluding carboxylic acids is 1. The fourth-order valence-corrected chi connectivity index (χ4v) is 1.17. The van der Waals surface area contributed by atoms with Crippen LogP contribution in [0.4, 0.5) is 10.5 Å². The predicted molar refractivity (Wildman–Crippen MR) is 63.6 cm³/mol. The molecule has 18 heavy (non-hydrogen) atoms. The normalized spacial score (nSPS) is 9.61. The first kappa shape index (κ1) is 13.8. The van der Waals surface area contributed by atoms with Gasteiger partial charge in [0.25, 0.3) is 5.69 Å². The van der Waals surface area contributed by atoms with Gasteiger partial charge >= 0.3 is 6.09 Å². The van der Waals surface area contributed by atoms with Crippen molar-refractivity contribution in [3.05, 3.63) is 34.4 Å². The van der Waals surface area contributed by atoms with E-state index in [0.29, 0.717) is 18.9 Å². The third-order valence-electron chi connectivity index (χ3n) is 1.96. The summed E-state index contributed by atoms with van der Waals surface area (Å²) >= 11 is 0. The summed E-state index contributed by atoms with van der Waals surface area (Å²) in [5.74, 6) is 0.506. The molecular weight excluding hydrogens is 240 g/mol. The van der Waals surface area contributed by atoms with E-state index in [4.69, 9.17) is 4.74 Å². The summed E-state index contributed by atoms with van der Waals surface area (Å²) in [7, 11) is 0. The monoisotopic (exact) mass is 254 g/mol. The second-order valence-corrected chi connectivity index (χ2v) is 3.25. The Morgan fingerprint density at radius 2 is 2.06 bits per heavy atom. The highest BCUT2D eigenvalue weighted by molar-refractivity contribution is 5.66. The van der Waals surface area contributed by atoms with Crippen LogP contribution >= 0.6 is 0 Å². The number of alkyl carbamates (subject to hydrolysis) is 1. The summed E-state index contributed by atoms with van der Waals surface area (Å²) < 4.78 is 9.93. The first-order valence-corrected chi connectivity index (χ1v) is 5.41. The van der Waals surface area contributed by atoms with Crippen LogP contribution in [0.1, 0.15) is 6.92 Å². The summed E-state index contributed by atoms with van der Waals surface area (Å²) in [6.07, 6.45) is -0.496. The van der Waals surface area contributed by atoms with Gasteiger partial charge in [-0.1, -0.05) is 0 Å². The average molecular weight is 254 g/mol. The van der Waals surface area contributed by atoms with Gasteiger partial charge in [0.05, 0.1) is 18.1 Å². The Morgan fingerprint density at radius 1 is 1.39 bits per heavy atom. The largest absolute Gasteiger partial charge is 0.492 e. The molecule has 7 nitrogen and oxygen atoms in total. The Morgan fingerprint density at radius 3 is 2.61 bits per heavy atom. The molecule has 1 aromatic carbocycles. The smallest absolute Gasteiger partial charge is 0.407 e. The van der Waals surface area contributed by atoms with Crippen molar-refractivity contribution in [1.82, 2.24) is 5.32 Å². The summed E-state index contributed by atoms with van der Waals surface area (Å²) in [6, 6.07) is 5.72. The average Bonchev–Trinajstić information content (AvgIpc) is 2.35. The molecule has 1 N–H and O–H groups in total. The molecule has 0 aliphatic rings. The molecule has 0 atom stereocenters. The number of hydrogen-bond acceptors (Lipinski definition) is 5. The maximum absolute atomic E-state index is 10.9. The Balaban J connectivity index is 2.27. The maximum atomic E-state index is 10.9. The van der Waals surface area contributed by atoms with Gasteiger partial charge in [-0.05, 0) is 19.1 Å². The lowest BCUT2D eigenvalue weighted by Crippen LogP contribution is -2.28. The molecule has 1 rings (SSSR count). The van der Waals surface area contributed by atoms with Crippen LogP contribution in [-0.2, 0) is 4.74 Å². The number of ether oxygens (including phenoxy) is 2. The topological polar surface area (TPSA) is 90.7 Å². The zero-order valence-corrected chi connectivity index (χ0v) is 9.92. The van der Waals surface area contributed by atoms with Crippen molar-refractivity contribution >= 4 is 11.8 Å². The number of amides is 1. The molecule has 0 aromatic heterocycles. The number of non-ortho nitro benzene ring substituents is 1. The third-order valence-corrected chi connectivity index (χ3v) is 1.96. The lowest BCUT2D eigenvalue weighted by atomic mass is 10.3. The van der Waals surface area contributed by atoms with E-state index in [0.717, 1.165) is 0 Å². The molecule has 1 amide bonds. The predicted octanol–water partition coefficient (Wildman–Crippen LogP) is 1.72. The van der Waals surface area contributed by atoms with Gasteiger partial charge in [0.15, 0.2) is 0 Å². The molecule has 0 radical (unpaired) electrons. The Labute approximate surface area is 104 Å². The van der Waals surface area contributed by atoms with Crippen molar-refractivity contribution in [2.45, 2.75) is 6.92 Å². The fraction of sp³-hybridized carbons (Fsp3) is 0.364. The Hall–Kier alpha value is -2.31. The minimum absolute atomic E-state index is 0.00648. The molecule has 0 spiro atoms. The Kier molecular flexibility index (Phi) is 5.43. The number of hydrogen-bond donors (Lipinski definition) is 1. The van der Waals surface area contributed by atoms with Crippen LogP contribution in [-0.4, -0.2) is 30.8 Å². The van der Waals surface area contributed by atoms with E-state index in [1.54, 1.807) is 6.92 Å². The standard InChI is InChI=1S/C11H14N2O5/c1-2-17-11(14)12-7-8-18-10-5-3-9(4-6-10)13(15)16/h3-6H,2,7-8H2,1H3,(H,12,14).